The van der Waals surface area contributed by atoms with Crippen molar-refractivity contribution in [3.8, 4) is 5.75 Å². The third-order valence-electron chi connectivity index (χ3n) is 4.48. The fourth-order valence-electron chi connectivity index (χ4n) is 2.99. The molecule has 1 aromatic heterocycles. The first-order valence-corrected chi connectivity index (χ1v) is 10.3. The van der Waals surface area contributed by atoms with E-state index in [0.717, 1.165) is 32.0 Å². The summed E-state index contributed by atoms with van der Waals surface area (Å²) in [4.78, 5) is 8.39. The van der Waals surface area contributed by atoms with Crippen LogP contribution in [0.4, 0.5) is 14.6 Å². The summed E-state index contributed by atoms with van der Waals surface area (Å²) in [6.45, 7) is 0.232. The normalized spacial score (nSPS) is 15.8. The van der Waals surface area contributed by atoms with Crippen molar-refractivity contribution in [2.24, 2.45) is 0 Å². The largest absolute Gasteiger partial charge is 0.433 e. The van der Waals surface area contributed by atoms with E-state index < -0.39 is 22.4 Å². The van der Waals surface area contributed by atoms with Crippen molar-refractivity contribution in [2.45, 2.75) is 18.1 Å². The van der Waals surface area contributed by atoms with Crippen molar-refractivity contribution in [1.29, 1.82) is 0 Å². The monoisotopic (exact) mass is 412 g/mol. The maximum atomic E-state index is 12.7. The molecule has 1 aromatic carbocycles. The van der Waals surface area contributed by atoms with Gasteiger partial charge >= 0.3 is 6.61 Å². The van der Waals surface area contributed by atoms with Crippen molar-refractivity contribution < 1.29 is 21.9 Å². The van der Waals surface area contributed by atoms with Crippen LogP contribution in [-0.2, 0) is 16.6 Å². The number of likely N-dealkylation sites (N-methyl/N-ethyl adjacent to an activating group) is 1. The van der Waals surface area contributed by atoms with Crippen LogP contribution in [-0.4, -0.2) is 58.1 Å². The van der Waals surface area contributed by atoms with Gasteiger partial charge in [0.25, 0.3) is 0 Å². The van der Waals surface area contributed by atoms with E-state index in [9.17, 15) is 17.2 Å². The number of ether oxygens (including phenoxy) is 1. The van der Waals surface area contributed by atoms with Gasteiger partial charge < -0.3 is 14.5 Å². The van der Waals surface area contributed by atoms with E-state index in [1.54, 1.807) is 18.3 Å². The first kappa shape index (κ1) is 20.4. The number of sulfonamides is 1. The molecule has 2 aromatic rings. The Balaban J connectivity index is 1.77. The first-order valence-electron chi connectivity index (χ1n) is 8.78. The van der Waals surface area contributed by atoms with E-state index >= 15 is 0 Å². The molecule has 0 unspecified atom stereocenters. The van der Waals surface area contributed by atoms with E-state index in [2.05, 4.69) is 24.2 Å². The summed E-state index contributed by atoms with van der Waals surface area (Å²) in [5.74, 6) is 0.325. The number of piperazine rings is 1. The van der Waals surface area contributed by atoms with Crippen LogP contribution in [0.5, 0.6) is 5.75 Å². The SMILES string of the molecule is CN1CCN(c2ncccc2CNS(=O)(=O)c2ccccc2OC(F)F)CC1. The number of hydrogen-bond acceptors (Lipinski definition) is 6. The molecule has 1 N–H and O–H groups in total. The molecule has 7 nitrogen and oxygen atoms in total. The lowest BCUT2D eigenvalue weighted by Gasteiger charge is -2.34. The molecule has 1 aliphatic rings. The van der Waals surface area contributed by atoms with Crippen LogP contribution in [0.15, 0.2) is 47.5 Å². The van der Waals surface area contributed by atoms with Gasteiger partial charge in [-0.2, -0.15) is 8.78 Å². The van der Waals surface area contributed by atoms with Crippen molar-refractivity contribution in [2.75, 3.05) is 38.1 Å². The third-order valence-corrected chi connectivity index (χ3v) is 5.92. The lowest BCUT2D eigenvalue weighted by atomic mass is 10.2. The number of nitrogens with one attached hydrogen (secondary N) is 1. The number of nitrogens with zero attached hydrogens (tertiary/aromatic N) is 3. The number of aromatic nitrogens is 1. The summed E-state index contributed by atoms with van der Waals surface area (Å²) in [7, 11) is -2.01. The Bertz CT molecular complexity index is 903. The highest BCUT2D eigenvalue weighted by Gasteiger charge is 2.23. The maximum absolute atomic E-state index is 12.7. The fourth-order valence-corrected chi connectivity index (χ4v) is 4.13. The second kappa shape index (κ2) is 8.80. The number of pyridine rings is 1. The van der Waals surface area contributed by atoms with E-state index in [0.29, 0.717) is 5.56 Å². The molecule has 0 atom stereocenters. The number of para-hydroxylation sites is 1. The number of anilines is 1. The standard InChI is InChI=1S/C18H22F2N4O3S/c1-23-9-11-24(12-10-23)17-14(5-4-8-21-17)13-22-28(25,26)16-7-3-2-6-15(16)27-18(19)20/h2-8,18,22H,9-13H2,1H3. The fraction of sp³-hybridized carbons (Fsp3) is 0.389. The summed E-state index contributed by atoms with van der Waals surface area (Å²) < 4.78 is 57.3. The Kier molecular flexibility index (Phi) is 6.42. The van der Waals surface area contributed by atoms with Crippen molar-refractivity contribution in [3.63, 3.8) is 0 Å². The van der Waals surface area contributed by atoms with Crippen molar-refractivity contribution in [1.82, 2.24) is 14.6 Å². The maximum Gasteiger partial charge on any atom is 0.387 e. The van der Waals surface area contributed by atoms with Gasteiger partial charge in [0, 0.05) is 44.5 Å². The zero-order chi connectivity index (χ0) is 20.1. The zero-order valence-electron chi connectivity index (χ0n) is 15.4. The predicted molar refractivity (Wildman–Crippen MR) is 101 cm³/mol. The van der Waals surface area contributed by atoms with Crippen LogP contribution in [0.25, 0.3) is 0 Å². The molecule has 0 spiro atoms. The number of hydrogen-bond donors (Lipinski definition) is 1. The molecule has 28 heavy (non-hydrogen) atoms. The van der Waals surface area contributed by atoms with Gasteiger partial charge in [-0.1, -0.05) is 18.2 Å². The van der Waals surface area contributed by atoms with Gasteiger partial charge in [0.1, 0.15) is 16.5 Å². The Hall–Kier alpha value is -2.30. The lowest BCUT2D eigenvalue weighted by molar-refractivity contribution is -0.0517. The average molecular weight is 412 g/mol. The van der Waals surface area contributed by atoms with Crippen LogP contribution in [0.2, 0.25) is 0 Å². The number of benzene rings is 1. The van der Waals surface area contributed by atoms with E-state index in [4.69, 9.17) is 0 Å². The molecule has 0 bridgehead atoms. The van der Waals surface area contributed by atoms with Crippen LogP contribution in [0.3, 0.4) is 0 Å². The van der Waals surface area contributed by atoms with Crippen LogP contribution in [0.1, 0.15) is 5.56 Å². The molecule has 0 amide bonds. The molecule has 10 heteroatoms. The highest BCUT2D eigenvalue weighted by Crippen LogP contribution is 2.26. The summed E-state index contributed by atoms with van der Waals surface area (Å²) >= 11 is 0. The molecular weight excluding hydrogens is 390 g/mol. The second-order valence-electron chi connectivity index (χ2n) is 6.43. The van der Waals surface area contributed by atoms with Gasteiger partial charge in [-0.05, 0) is 25.2 Å². The summed E-state index contributed by atoms with van der Waals surface area (Å²) in [5.41, 5.74) is 0.711. The number of rotatable bonds is 7. The predicted octanol–water partition coefficient (Wildman–Crippen LogP) is 1.91. The topological polar surface area (TPSA) is 74.8 Å². The van der Waals surface area contributed by atoms with E-state index in [-0.39, 0.29) is 11.4 Å². The summed E-state index contributed by atoms with van der Waals surface area (Å²) in [6, 6.07) is 8.84. The number of halogens is 2. The molecule has 3 rings (SSSR count). The molecular formula is C18H22F2N4O3S. The number of alkyl halides is 2. The molecule has 0 radical (unpaired) electrons. The van der Waals surface area contributed by atoms with E-state index in [1.807, 2.05) is 7.05 Å². The van der Waals surface area contributed by atoms with E-state index in [1.165, 1.54) is 24.3 Å². The van der Waals surface area contributed by atoms with Crippen LogP contribution >= 0.6 is 0 Å². The lowest BCUT2D eigenvalue weighted by Crippen LogP contribution is -2.45. The van der Waals surface area contributed by atoms with Crippen molar-refractivity contribution >= 4 is 15.8 Å². The Morgan fingerprint density at radius 3 is 2.57 bits per heavy atom. The molecule has 1 aliphatic heterocycles. The molecule has 0 aliphatic carbocycles. The smallest absolute Gasteiger partial charge is 0.387 e. The average Bonchev–Trinajstić information content (AvgIpc) is 2.67. The van der Waals surface area contributed by atoms with Gasteiger partial charge in [0.15, 0.2) is 0 Å². The molecule has 1 saturated heterocycles. The summed E-state index contributed by atoms with van der Waals surface area (Å²) in [5, 5.41) is 0. The second-order valence-corrected chi connectivity index (χ2v) is 8.16. The van der Waals surface area contributed by atoms with Crippen LogP contribution in [0, 0.1) is 0 Å². The van der Waals surface area contributed by atoms with Crippen molar-refractivity contribution in [3.05, 3.63) is 48.2 Å². The Morgan fingerprint density at radius 2 is 1.86 bits per heavy atom. The van der Waals surface area contributed by atoms with Gasteiger partial charge in [-0.3, -0.25) is 0 Å². The summed E-state index contributed by atoms with van der Waals surface area (Å²) in [6.07, 6.45) is 1.66. The van der Waals surface area contributed by atoms with Crippen LogP contribution < -0.4 is 14.4 Å². The first-order chi connectivity index (χ1) is 13.4. The highest BCUT2D eigenvalue weighted by molar-refractivity contribution is 7.89. The minimum Gasteiger partial charge on any atom is -0.433 e. The molecule has 2 heterocycles. The third kappa shape index (κ3) is 4.94. The van der Waals surface area contributed by atoms with Gasteiger partial charge in [-0.15, -0.1) is 0 Å². The quantitative estimate of drug-likeness (QED) is 0.749. The zero-order valence-corrected chi connectivity index (χ0v) is 16.2. The molecule has 152 valence electrons. The van der Waals surface area contributed by atoms with Gasteiger partial charge in [0.05, 0.1) is 0 Å². The Morgan fingerprint density at radius 1 is 1.14 bits per heavy atom. The molecule has 0 saturated carbocycles. The molecule has 1 fully saturated rings. The van der Waals surface area contributed by atoms with Gasteiger partial charge in [0.2, 0.25) is 10.0 Å². The van der Waals surface area contributed by atoms with Gasteiger partial charge in [-0.25, -0.2) is 18.1 Å². The minimum absolute atomic E-state index is 0.0130. The Labute approximate surface area is 163 Å². The highest BCUT2D eigenvalue weighted by atomic mass is 32.2. The minimum atomic E-state index is -4.05.